The van der Waals surface area contributed by atoms with Crippen molar-refractivity contribution in [2.75, 3.05) is 30.8 Å². The monoisotopic (exact) mass is 540 g/mol. The molecule has 1 aliphatic heterocycles. The first-order chi connectivity index (χ1) is 18.8. The van der Waals surface area contributed by atoms with Gasteiger partial charge < -0.3 is 25.0 Å². The maximum atomic E-state index is 9.36. The molecule has 1 heterocycles. The molecule has 7 heteroatoms. The Morgan fingerprint density at radius 1 is 1.03 bits per heavy atom. The number of hydrogen-bond donors (Lipinski definition) is 2. The van der Waals surface area contributed by atoms with Crippen LogP contribution in [0.5, 0.6) is 0 Å². The highest BCUT2D eigenvalue weighted by Crippen LogP contribution is 2.40. The van der Waals surface area contributed by atoms with Gasteiger partial charge in [-0.25, -0.2) is 0 Å². The van der Waals surface area contributed by atoms with Gasteiger partial charge in [0.15, 0.2) is 5.79 Å². The van der Waals surface area contributed by atoms with Crippen molar-refractivity contribution in [1.82, 2.24) is 0 Å². The quantitative estimate of drug-likeness (QED) is 0.337. The summed E-state index contributed by atoms with van der Waals surface area (Å²) in [6.45, 7) is 8.62. The molecule has 3 aromatic carbocycles. The number of nitrogens with two attached hydrogens (primary N) is 1. The fraction of sp³-hybridized carbons (Fsp3) is 0.406. The van der Waals surface area contributed by atoms with Crippen molar-refractivity contribution in [3.63, 3.8) is 0 Å². The summed E-state index contributed by atoms with van der Waals surface area (Å²) in [6.07, 6.45) is 2.43. The van der Waals surface area contributed by atoms with Gasteiger partial charge in [0.1, 0.15) is 0 Å². The van der Waals surface area contributed by atoms with Crippen molar-refractivity contribution in [1.29, 1.82) is 5.26 Å². The number of nitrogen functional groups attached to an aromatic ring is 1. The van der Waals surface area contributed by atoms with Crippen LogP contribution in [0.2, 0.25) is 0 Å². The number of nitrogens with zero attached hydrogens (tertiary/aromatic N) is 1. The van der Waals surface area contributed by atoms with E-state index in [1.807, 2.05) is 6.07 Å². The summed E-state index contributed by atoms with van der Waals surface area (Å²) in [4.78, 5) is 0. The molecule has 0 amide bonds. The van der Waals surface area contributed by atoms with Crippen LogP contribution in [-0.2, 0) is 19.3 Å². The van der Waals surface area contributed by atoms with Gasteiger partial charge in [-0.2, -0.15) is 5.26 Å². The maximum Gasteiger partial charge on any atom is 0.283 e. The van der Waals surface area contributed by atoms with E-state index in [4.69, 9.17) is 19.6 Å². The summed E-state index contributed by atoms with van der Waals surface area (Å²) in [5.74, 6) is -0.403. The number of ether oxygens (including phenoxy) is 2. The zero-order valence-corrected chi connectivity index (χ0v) is 24.1. The van der Waals surface area contributed by atoms with Crippen LogP contribution in [0.1, 0.15) is 51.2 Å². The SMILES string of the molecule is CC(C)(C)c1ccc([Si](O[C@@H]2CCC3(C[C@H]2CNc2cc(C#N)ccc2N)OCCO3)c2ccccc2)cc1. The Morgan fingerprint density at radius 2 is 1.72 bits per heavy atom. The minimum atomic E-state index is -1.50. The normalized spacial score (nSPS) is 20.7. The van der Waals surface area contributed by atoms with Crippen molar-refractivity contribution in [3.05, 3.63) is 83.9 Å². The molecule has 0 aromatic heterocycles. The van der Waals surface area contributed by atoms with Gasteiger partial charge in [0.05, 0.1) is 42.3 Å². The second kappa shape index (κ2) is 11.5. The largest absolute Gasteiger partial charge is 0.404 e. The van der Waals surface area contributed by atoms with E-state index in [9.17, 15) is 5.26 Å². The van der Waals surface area contributed by atoms with Crippen molar-refractivity contribution < 1.29 is 13.9 Å². The van der Waals surface area contributed by atoms with Crippen LogP contribution in [0.4, 0.5) is 11.4 Å². The lowest BCUT2D eigenvalue weighted by Gasteiger charge is -2.42. The Labute approximate surface area is 233 Å². The minimum absolute atomic E-state index is 0.0210. The molecule has 39 heavy (non-hydrogen) atoms. The molecule has 5 rings (SSSR count). The Bertz CT molecular complexity index is 1290. The number of anilines is 2. The summed E-state index contributed by atoms with van der Waals surface area (Å²) in [7, 11) is -1.50. The van der Waals surface area contributed by atoms with Crippen LogP contribution in [-0.4, -0.2) is 40.7 Å². The number of benzene rings is 3. The van der Waals surface area contributed by atoms with Crippen LogP contribution in [0.15, 0.2) is 72.8 Å². The minimum Gasteiger partial charge on any atom is -0.404 e. The van der Waals surface area contributed by atoms with E-state index in [0.717, 1.165) is 24.9 Å². The van der Waals surface area contributed by atoms with E-state index in [0.29, 0.717) is 31.0 Å². The van der Waals surface area contributed by atoms with Crippen molar-refractivity contribution in [2.24, 2.45) is 5.92 Å². The first-order valence-electron chi connectivity index (χ1n) is 13.8. The first kappa shape index (κ1) is 27.4. The lowest BCUT2D eigenvalue weighted by Crippen LogP contribution is -2.52. The van der Waals surface area contributed by atoms with E-state index < -0.39 is 14.8 Å². The maximum absolute atomic E-state index is 9.36. The molecule has 1 spiro atoms. The van der Waals surface area contributed by atoms with Gasteiger partial charge in [-0.15, -0.1) is 0 Å². The summed E-state index contributed by atoms with van der Waals surface area (Å²) in [6, 6.07) is 27.1. The van der Waals surface area contributed by atoms with Gasteiger partial charge in [-0.3, -0.25) is 0 Å². The molecular weight excluding hydrogens is 502 g/mol. The Balaban J connectivity index is 1.41. The first-order valence-corrected chi connectivity index (χ1v) is 15.2. The summed E-state index contributed by atoms with van der Waals surface area (Å²) >= 11 is 0. The standard InChI is InChI=1S/C32H38N3O3Si/c1-31(2,3)25-10-12-27(13-11-25)39(26-7-5-4-6-8-26)38-30-15-16-32(36-17-18-37-32)20-24(30)22-35-29-19-23(21-33)9-14-28(29)34/h4-14,19,24,30,35H,15-18,20,22,34H2,1-3H3/t24-,30+/m0/s1. The third-order valence-corrected chi connectivity index (χ3v) is 10.0. The molecule has 6 nitrogen and oxygen atoms in total. The van der Waals surface area contributed by atoms with Gasteiger partial charge in [-0.1, -0.05) is 75.4 Å². The van der Waals surface area contributed by atoms with E-state index in [1.54, 1.807) is 12.1 Å². The van der Waals surface area contributed by atoms with Gasteiger partial charge in [0.2, 0.25) is 0 Å². The predicted octanol–water partition coefficient (Wildman–Crippen LogP) is 4.58. The molecule has 3 aromatic rings. The Hall–Kier alpha value is -3.15. The zero-order valence-electron chi connectivity index (χ0n) is 23.1. The van der Waals surface area contributed by atoms with Crippen LogP contribution < -0.4 is 21.4 Å². The molecule has 0 bridgehead atoms. The van der Waals surface area contributed by atoms with E-state index in [-0.39, 0.29) is 17.4 Å². The van der Waals surface area contributed by atoms with E-state index in [2.05, 4.69) is 86.8 Å². The topological polar surface area (TPSA) is 89.5 Å². The molecule has 1 aliphatic carbocycles. The highest BCUT2D eigenvalue weighted by atomic mass is 28.3. The molecular formula is C32H38N3O3Si. The molecule has 0 unspecified atom stereocenters. The highest BCUT2D eigenvalue weighted by molar-refractivity contribution is 6.80. The van der Waals surface area contributed by atoms with Gasteiger partial charge in [0, 0.05) is 25.3 Å². The van der Waals surface area contributed by atoms with E-state index >= 15 is 0 Å². The second-order valence-corrected chi connectivity index (χ2v) is 13.6. The Kier molecular flexibility index (Phi) is 8.10. The van der Waals surface area contributed by atoms with E-state index in [1.165, 1.54) is 15.9 Å². The number of rotatable bonds is 7. The lowest BCUT2D eigenvalue weighted by molar-refractivity contribution is -0.198. The van der Waals surface area contributed by atoms with Gasteiger partial charge in [0.25, 0.3) is 9.04 Å². The van der Waals surface area contributed by atoms with Crippen LogP contribution in [0.25, 0.3) is 0 Å². The summed E-state index contributed by atoms with van der Waals surface area (Å²) < 4.78 is 19.4. The number of nitriles is 1. The van der Waals surface area contributed by atoms with Crippen molar-refractivity contribution >= 4 is 30.8 Å². The third kappa shape index (κ3) is 6.37. The van der Waals surface area contributed by atoms with Gasteiger partial charge >= 0.3 is 0 Å². The summed E-state index contributed by atoms with van der Waals surface area (Å²) in [5.41, 5.74) is 9.62. The average Bonchev–Trinajstić information content (AvgIpc) is 3.40. The molecule has 1 saturated heterocycles. The average molecular weight is 541 g/mol. The third-order valence-electron chi connectivity index (χ3n) is 7.78. The number of hydrogen-bond acceptors (Lipinski definition) is 6. The molecule has 3 N–H and O–H groups in total. The zero-order chi connectivity index (χ0) is 27.5. The van der Waals surface area contributed by atoms with Crippen LogP contribution in [0, 0.1) is 17.2 Å². The number of nitrogens with one attached hydrogen (secondary N) is 1. The molecule has 203 valence electrons. The molecule has 1 saturated carbocycles. The highest BCUT2D eigenvalue weighted by Gasteiger charge is 2.46. The summed E-state index contributed by atoms with van der Waals surface area (Å²) in [5, 5.41) is 15.3. The molecule has 2 aliphatic rings. The van der Waals surface area contributed by atoms with Crippen LogP contribution in [0.3, 0.4) is 0 Å². The second-order valence-electron chi connectivity index (χ2n) is 11.6. The van der Waals surface area contributed by atoms with Crippen molar-refractivity contribution in [2.45, 2.75) is 57.3 Å². The fourth-order valence-electron chi connectivity index (χ4n) is 5.53. The molecule has 2 atom stereocenters. The predicted molar refractivity (Wildman–Crippen MR) is 158 cm³/mol. The smallest absolute Gasteiger partial charge is 0.283 e. The molecule has 1 radical (unpaired) electrons. The Morgan fingerprint density at radius 3 is 2.38 bits per heavy atom. The fourth-order valence-corrected chi connectivity index (χ4v) is 7.72. The lowest BCUT2D eigenvalue weighted by atomic mass is 9.82. The van der Waals surface area contributed by atoms with Crippen LogP contribution >= 0.6 is 0 Å². The molecule has 2 fully saturated rings. The van der Waals surface area contributed by atoms with Gasteiger partial charge in [-0.05, 0) is 46.0 Å². The van der Waals surface area contributed by atoms with Crippen molar-refractivity contribution in [3.8, 4) is 6.07 Å².